The van der Waals surface area contributed by atoms with Gasteiger partial charge in [-0.15, -0.1) is 0 Å². The van der Waals surface area contributed by atoms with Crippen LogP contribution in [-0.2, 0) is 4.74 Å². The van der Waals surface area contributed by atoms with Crippen LogP contribution in [-0.4, -0.2) is 21.6 Å². The highest BCUT2D eigenvalue weighted by atomic mass is 32.1. The van der Waals surface area contributed by atoms with E-state index in [1.807, 2.05) is 19.1 Å². The first kappa shape index (κ1) is 15.9. The van der Waals surface area contributed by atoms with Crippen molar-refractivity contribution in [3.8, 4) is 11.3 Å². The van der Waals surface area contributed by atoms with Crippen molar-refractivity contribution in [1.29, 1.82) is 0 Å². The van der Waals surface area contributed by atoms with Crippen LogP contribution in [0.5, 0.6) is 0 Å². The molecule has 0 aliphatic carbocycles. The monoisotopic (exact) mass is 343 g/mol. The lowest BCUT2D eigenvalue weighted by Crippen LogP contribution is -2.26. The standard InChI is InChI=1S/C18H17NO2S2/c1-4-19-17(22)16(21-18(19)23)10-13-6-8-15(20-13)14-7-5-11(2)9-12(14)3/h5-10H,4H2,1-3H3/b16-10-. The average Bonchev–Trinajstić information content (AvgIpc) is 3.05. The third kappa shape index (κ3) is 3.07. The Labute approximate surface area is 146 Å². The van der Waals surface area contributed by atoms with E-state index >= 15 is 0 Å². The molecule has 0 atom stereocenters. The Kier molecular flexibility index (Phi) is 4.33. The second kappa shape index (κ2) is 6.26. The van der Waals surface area contributed by atoms with Gasteiger partial charge in [0.05, 0.1) is 0 Å². The van der Waals surface area contributed by atoms with Crippen molar-refractivity contribution in [2.75, 3.05) is 6.54 Å². The molecule has 23 heavy (non-hydrogen) atoms. The van der Waals surface area contributed by atoms with E-state index in [9.17, 15) is 0 Å². The number of benzene rings is 1. The summed E-state index contributed by atoms with van der Waals surface area (Å²) >= 11 is 10.5. The van der Waals surface area contributed by atoms with Crippen LogP contribution in [0.15, 0.2) is 40.5 Å². The second-order valence-corrected chi connectivity index (χ2v) is 6.18. The Hall–Kier alpha value is -1.98. The Morgan fingerprint density at radius 3 is 2.57 bits per heavy atom. The number of hydrogen-bond acceptors (Lipinski definition) is 4. The van der Waals surface area contributed by atoms with Gasteiger partial charge in [0.15, 0.2) is 10.7 Å². The van der Waals surface area contributed by atoms with Crippen LogP contribution in [0.2, 0.25) is 0 Å². The molecule has 118 valence electrons. The third-order valence-corrected chi connectivity index (χ3v) is 4.46. The molecule has 1 aromatic heterocycles. The maximum Gasteiger partial charge on any atom is 0.270 e. The molecule has 0 spiro atoms. The van der Waals surface area contributed by atoms with Gasteiger partial charge in [0.25, 0.3) is 5.17 Å². The van der Waals surface area contributed by atoms with Crippen LogP contribution in [0.1, 0.15) is 23.8 Å². The zero-order valence-corrected chi connectivity index (χ0v) is 14.9. The van der Waals surface area contributed by atoms with E-state index in [4.69, 9.17) is 33.6 Å². The number of ether oxygens (including phenoxy) is 1. The molecule has 0 saturated carbocycles. The zero-order valence-electron chi connectivity index (χ0n) is 13.3. The highest BCUT2D eigenvalue weighted by Crippen LogP contribution is 2.28. The SMILES string of the molecule is CCN1C(=S)O/C(=C\c2ccc(-c3ccc(C)cc3C)o2)C1=S. The second-order valence-electron chi connectivity index (χ2n) is 5.45. The predicted molar refractivity (Wildman–Crippen MR) is 100 cm³/mol. The van der Waals surface area contributed by atoms with Crippen molar-refractivity contribution in [2.24, 2.45) is 0 Å². The smallest absolute Gasteiger partial charge is 0.270 e. The van der Waals surface area contributed by atoms with Crippen molar-refractivity contribution in [1.82, 2.24) is 4.90 Å². The van der Waals surface area contributed by atoms with Crippen LogP contribution < -0.4 is 0 Å². The van der Waals surface area contributed by atoms with Crippen molar-refractivity contribution in [2.45, 2.75) is 20.8 Å². The first-order chi connectivity index (χ1) is 11.0. The van der Waals surface area contributed by atoms with Gasteiger partial charge < -0.3 is 9.15 Å². The summed E-state index contributed by atoms with van der Waals surface area (Å²) in [7, 11) is 0. The fourth-order valence-corrected chi connectivity index (χ4v) is 3.25. The summed E-state index contributed by atoms with van der Waals surface area (Å²) in [6.07, 6.45) is 1.79. The largest absolute Gasteiger partial charge is 0.457 e. The van der Waals surface area contributed by atoms with Gasteiger partial charge in [0, 0.05) is 18.2 Å². The summed E-state index contributed by atoms with van der Waals surface area (Å²) in [6.45, 7) is 6.84. The van der Waals surface area contributed by atoms with Gasteiger partial charge in [-0.1, -0.05) is 36.0 Å². The number of furan rings is 1. The molecule has 1 fully saturated rings. The van der Waals surface area contributed by atoms with E-state index in [0.717, 1.165) is 11.3 Å². The first-order valence-corrected chi connectivity index (χ1v) is 8.24. The molecule has 0 bridgehead atoms. The average molecular weight is 343 g/mol. The highest BCUT2D eigenvalue weighted by Gasteiger charge is 2.28. The van der Waals surface area contributed by atoms with Crippen molar-refractivity contribution in [3.05, 3.63) is 53.0 Å². The Morgan fingerprint density at radius 1 is 1.13 bits per heavy atom. The number of hydrogen-bond donors (Lipinski definition) is 0. The van der Waals surface area contributed by atoms with E-state index in [0.29, 0.717) is 28.2 Å². The topological polar surface area (TPSA) is 25.6 Å². The fraction of sp³-hybridized carbons (Fsp3) is 0.222. The molecule has 2 heterocycles. The molecule has 3 nitrogen and oxygen atoms in total. The number of rotatable bonds is 3. The van der Waals surface area contributed by atoms with Crippen molar-refractivity contribution >= 4 is 40.7 Å². The van der Waals surface area contributed by atoms with Gasteiger partial charge in [-0.2, -0.15) is 0 Å². The van der Waals surface area contributed by atoms with E-state index in [1.54, 1.807) is 11.0 Å². The van der Waals surface area contributed by atoms with E-state index in [1.165, 1.54) is 11.1 Å². The number of nitrogens with zero attached hydrogens (tertiary/aromatic N) is 1. The van der Waals surface area contributed by atoms with Gasteiger partial charge in [0.2, 0.25) is 0 Å². The molecule has 1 aliphatic heterocycles. The summed E-state index contributed by atoms with van der Waals surface area (Å²) in [5, 5.41) is 0.393. The summed E-state index contributed by atoms with van der Waals surface area (Å²) in [5.41, 5.74) is 3.50. The lowest BCUT2D eigenvalue weighted by Gasteiger charge is -2.09. The Balaban J connectivity index is 1.90. The van der Waals surface area contributed by atoms with Gasteiger partial charge in [0.1, 0.15) is 11.5 Å². The minimum absolute atomic E-state index is 0.393. The highest BCUT2D eigenvalue weighted by molar-refractivity contribution is 7.82. The molecule has 0 unspecified atom stereocenters. The van der Waals surface area contributed by atoms with Crippen LogP contribution in [0.4, 0.5) is 0 Å². The maximum atomic E-state index is 5.93. The number of thiocarbonyl (C=S) groups is 2. The molecular formula is C18H17NO2S2. The molecule has 3 rings (SSSR count). The summed E-state index contributed by atoms with van der Waals surface area (Å²) in [6, 6.07) is 10.2. The van der Waals surface area contributed by atoms with Crippen LogP contribution >= 0.6 is 24.4 Å². The molecule has 0 amide bonds. The van der Waals surface area contributed by atoms with Gasteiger partial charge in [-0.25, -0.2) is 0 Å². The first-order valence-electron chi connectivity index (χ1n) is 7.42. The molecule has 1 aromatic carbocycles. The quantitative estimate of drug-likeness (QED) is 0.585. The summed E-state index contributed by atoms with van der Waals surface area (Å²) in [5.74, 6) is 2.08. The van der Waals surface area contributed by atoms with Crippen molar-refractivity contribution < 1.29 is 9.15 Å². The molecule has 1 aliphatic rings. The van der Waals surface area contributed by atoms with Crippen LogP contribution in [0.25, 0.3) is 17.4 Å². The number of aryl methyl sites for hydroxylation is 2. The van der Waals surface area contributed by atoms with Crippen LogP contribution in [0, 0.1) is 13.8 Å². The van der Waals surface area contributed by atoms with Gasteiger partial charge >= 0.3 is 0 Å². The fourth-order valence-electron chi connectivity index (χ4n) is 2.57. The maximum absolute atomic E-state index is 5.93. The van der Waals surface area contributed by atoms with Gasteiger partial charge in [-0.3, -0.25) is 4.90 Å². The predicted octanol–water partition coefficient (Wildman–Crippen LogP) is 4.87. The summed E-state index contributed by atoms with van der Waals surface area (Å²) in [4.78, 5) is 2.38. The molecule has 1 saturated heterocycles. The van der Waals surface area contributed by atoms with Crippen molar-refractivity contribution in [3.63, 3.8) is 0 Å². The minimum atomic E-state index is 0.393. The normalized spacial score (nSPS) is 16.3. The lowest BCUT2D eigenvalue weighted by molar-refractivity contribution is 0.441. The number of likely N-dealkylation sites (N-methyl/N-ethyl adjacent to an activating group) is 1. The third-order valence-electron chi connectivity index (χ3n) is 3.74. The molecule has 2 aromatic rings. The van der Waals surface area contributed by atoms with E-state index in [-0.39, 0.29) is 0 Å². The molecule has 0 N–H and O–H groups in total. The van der Waals surface area contributed by atoms with E-state index in [2.05, 4.69) is 32.0 Å². The molecule has 0 radical (unpaired) electrons. The molecular weight excluding hydrogens is 326 g/mol. The summed E-state index contributed by atoms with van der Waals surface area (Å²) < 4.78 is 11.5. The minimum Gasteiger partial charge on any atom is -0.457 e. The Bertz CT molecular complexity index is 820. The van der Waals surface area contributed by atoms with E-state index < -0.39 is 0 Å². The van der Waals surface area contributed by atoms with Crippen LogP contribution in [0.3, 0.4) is 0 Å². The zero-order chi connectivity index (χ0) is 16.6. The lowest BCUT2D eigenvalue weighted by atomic mass is 10.0. The Morgan fingerprint density at radius 2 is 1.91 bits per heavy atom. The molecule has 5 heteroatoms. The van der Waals surface area contributed by atoms with Gasteiger partial charge in [-0.05, 0) is 50.7 Å².